The minimum atomic E-state index is -4.58. The second-order valence-corrected chi connectivity index (χ2v) is 8.07. The van der Waals surface area contributed by atoms with E-state index in [-0.39, 0.29) is 25.7 Å². The minimum Gasteiger partial charge on any atom is -0.480 e. The van der Waals surface area contributed by atoms with Crippen molar-refractivity contribution >= 4 is 16.0 Å². The summed E-state index contributed by atoms with van der Waals surface area (Å²) in [6.07, 6.45) is -2.48. The number of likely N-dealkylation sites (N-methyl/N-ethyl adjacent to an activating group) is 1. The molecule has 7 nitrogen and oxygen atoms in total. The van der Waals surface area contributed by atoms with Crippen molar-refractivity contribution in [3.63, 3.8) is 0 Å². The molecule has 0 aliphatic carbocycles. The number of hydrogen-bond acceptors (Lipinski definition) is 5. The van der Waals surface area contributed by atoms with Crippen LogP contribution in [0.2, 0.25) is 0 Å². The molecule has 0 amide bonds. The van der Waals surface area contributed by atoms with E-state index in [1.807, 2.05) is 0 Å². The Kier molecular flexibility index (Phi) is 6.25. The number of aliphatic carboxylic acids is 1. The van der Waals surface area contributed by atoms with E-state index in [4.69, 9.17) is 5.11 Å². The number of aromatic nitrogens is 1. The molecule has 0 saturated carbocycles. The van der Waals surface area contributed by atoms with Crippen molar-refractivity contribution in [1.29, 1.82) is 0 Å². The Hall–Kier alpha value is -1.72. The lowest BCUT2D eigenvalue weighted by molar-refractivity contribution is -0.139. The third kappa shape index (κ3) is 4.92. The van der Waals surface area contributed by atoms with Crippen LogP contribution in [-0.2, 0) is 21.0 Å². The zero-order chi connectivity index (χ0) is 19.5. The molecule has 146 valence electrons. The van der Waals surface area contributed by atoms with Crippen LogP contribution < -0.4 is 0 Å². The molecule has 0 radical (unpaired) electrons. The second-order valence-electron chi connectivity index (χ2n) is 6.18. The summed E-state index contributed by atoms with van der Waals surface area (Å²) in [5.74, 6) is -0.963. The number of carbonyl (C=O) groups is 1. The van der Waals surface area contributed by atoms with Gasteiger partial charge in [0.05, 0.1) is 12.1 Å². The number of carboxylic acids is 1. The Morgan fingerprint density at radius 1 is 1.35 bits per heavy atom. The largest absolute Gasteiger partial charge is 0.480 e. The third-order valence-corrected chi connectivity index (χ3v) is 6.15. The van der Waals surface area contributed by atoms with Gasteiger partial charge < -0.3 is 5.11 Å². The van der Waals surface area contributed by atoms with E-state index in [1.165, 1.54) is 4.31 Å². The van der Waals surface area contributed by atoms with Gasteiger partial charge in [0.2, 0.25) is 0 Å². The Balaban J connectivity index is 2.11. The highest BCUT2D eigenvalue weighted by Gasteiger charge is 2.33. The predicted octanol–water partition coefficient (Wildman–Crippen LogP) is 1.66. The summed E-state index contributed by atoms with van der Waals surface area (Å²) in [5, 5.41) is 8.43. The summed E-state index contributed by atoms with van der Waals surface area (Å²) in [6.45, 7) is 0.222. The molecule has 2 rings (SSSR count). The van der Waals surface area contributed by atoms with E-state index in [9.17, 15) is 26.4 Å². The van der Waals surface area contributed by atoms with Crippen molar-refractivity contribution in [1.82, 2.24) is 14.2 Å². The van der Waals surface area contributed by atoms with Gasteiger partial charge in [0.15, 0.2) is 5.03 Å². The van der Waals surface area contributed by atoms with Gasteiger partial charge in [-0.25, -0.2) is 13.4 Å². The van der Waals surface area contributed by atoms with Crippen LogP contribution in [0.15, 0.2) is 23.4 Å². The molecular weight excluding hydrogens is 375 g/mol. The number of rotatable bonds is 5. The average molecular weight is 395 g/mol. The summed E-state index contributed by atoms with van der Waals surface area (Å²) in [6, 6.07) is 1.48. The van der Waals surface area contributed by atoms with E-state index in [0.717, 1.165) is 6.07 Å². The first-order valence-electron chi connectivity index (χ1n) is 7.97. The molecular formula is C15H20F3N3O4S. The Bertz CT molecular complexity index is 737. The second kappa shape index (κ2) is 7.89. The zero-order valence-electron chi connectivity index (χ0n) is 14.1. The average Bonchev–Trinajstić information content (AvgIpc) is 2.80. The van der Waals surface area contributed by atoms with E-state index in [2.05, 4.69) is 4.98 Å². The number of sulfonamides is 1. The standard InChI is InChI=1S/C15H20F3N3O4S/c1-20(10-14(22)23)12-3-2-7-21(8-6-12)26(24,25)13-5-4-11(9-19-13)15(16,17)18/h4-5,9,12H,2-3,6-8,10H2,1H3,(H,22,23). The van der Waals surface area contributed by atoms with Crippen molar-refractivity contribution in [2.24, 2.45) is 0 Å². The van der Waals surface area contributed by atoms with Crippen molar-refractivity contribution in [3.05, 3.63) is 23.9 Å². The Morgan fingerprint density at radius 3 is 2.58 bits per heavy atom. The van der Waals surface area contributed by atoms with Crippen LogP contribution in [0.5, 0.6) is 0 Å². The lowest BCUT2D eigenvalue weighted by Crippen LogP contribution is -2.37. The molecule has 0 bridgehead atoms. The molecule has 1 saturated heterocycles. The van der Waals surface area contributed by atoms with E-state index in [0.29, 0.717) is 31.5 Å². The highest BCUT2D eigenvalue weighted by Crippen LogP contribution is 2.29. The van der Waals surface area contributed by atoms with Crippen LogP contribution in [0, 0.1) is 0 Å². The Labute approximate surface area is 149 Å². The van der Waals surface area contributed by atoms with Crippen LogP contribution in [0.25, 0.3) is 0 Å². The maximum Gasteiger partial charge on any atom is 0.417 e. The molecule has 1 unspecified atom stereocenters. The lowest BCUT2D eigenvalue weighted by Gasteiger charge is -2.25. The van der Waals surface area contributed by atoms with Crippen LogP contribution >= 0.6 is 0 Å². The number of pyridine rings is 1. The van der Waals surface area contributed by atoms with Crippen LogP contribution in [0.1, 0.15) is 24.8 Å². The summed E-state index contributed by atoms with van der Waals surface area (Å²) >= 11 is 0. The molecule has 1 aliphatic heterocycles. The van der Waals surface area contributed by atoms with Gasteiger partial charge in [-0.1, -0.05) is 0 Å². The van der Waals surface area contributed by atoms with Gasteiger partial charge in [-0.3, -0.25) is 9.69 Å². The summed E-state index contributed by atoms with van der Waals surface area (Å²) in [7, 11) is -2.33. The number of halogens is 3. The minimum absolute atomic E-state index is 0.0770. The monoisotopic (exact) mass is 395 g/mol. The topological polar surface area (TPSA) is 90.8 Å². The van der Waals surface area contributed by atoms with Crippen LogP contribution in [0.4, 0.5) is 13.2 Å². The highest BCUT2D eigenvalue weighted by molar-refractivity contribution is 7.89. The number of hydrogen-bond donors (Lipinski definition) is 1. The molecule has 11 heteroatoms. The van der Waals surface area contributed by atoms with E-state index >= 15 is 0 Å². The highest BCUT2D eigenvalue weighted by atomic mass is 32.2. The SMILES string of the molecule is CN(CC(=O)O)C1CCCN(S(=O)(=O)c2ccc(C(F)(F)F)cn2)CC1. The summed E-state index contributed by atoms with van der Waals surface area (Å²) in [4.78, 5) is 15.9. The molecule has 1 aliphatic rings. The number of nitrogens with zero attached hydrogens (tertiary/aromatic N) is 3. The quantitative estimate of drug-likeness (QED) is 0.816. The first-order chi connectivity index (χ1) is 12.0. The molecule has 1 aromatic rings. The van der Waals surface area contributed by atoms with Gasteiger partial charge in [0.1, 0.15) is 0 Å². The molecule has 0 spiro atoms. The van der Waals surface area contributed by atoms with Gasteiger partial charge in [-0.05, 0) is 38.4 Å². The summed E-state index contributed by atoms with van der Waals surface area (Å²) in [5.41, 5.74) is -1.01. The smallest absolute Gasteiger partial charge is 0.417 e. The normalized spacial score (nSPS) is 20.1. The molecule has 1 atom stereocenters. The molecule has 26 heavy (non-hydrogen) atoms. The molecule has 1 aromatic heterocycles. The molecule has 1 fully saturated rings. The first kappa shape index (κ1) is 20.6. The third-order valence-electron chi connectivity index (χ3n) is 4.33. The number of carboxylic acid groups (broad SMARTS) is 1. The fraction of sp³-hybridized carbons (Fsp3) is 0.600. The van der Waals surface area contributed by atoms with Crippen molar-refractivity contribution in [3.8, 4) is 0 Å². The number of alkyl halides is 3. The maximum absolute atomic E-state index is 12.6. The fourth-order valence-corrected chi connectivity index (χ4v) is 4.31. The Morgan fingerprint density at radius 2 is 2.04 bits per heavy atom. The van der Waals surface area contributed by atoms with E-state index < -0.39 is 32.8 Å². The zero-order valence-corrected chi connectivity index (χ0v) is 14.9. The summed E-state index contributed by atoms with van der Waals surface area (Å²) < 4.78 is 64.2. The molecule has 1 N–H and O–H groups in total. The lowest BCUT2D eigenvalue weighted by atomic mass is 10.1. The van der Waals surface area contributed by atoms with Gasteiger partial charge in [-0.15, -0.1) is 0 Å². The first-order valence-corrected chi connectivity index (χ1v) is 9.41. The molecule has 0 aromatic carbocycles. The maximum atomic E-state index is 12.6. The van der Waals surface area contributed by atoms with Gasteiger partial charge in [-0.2, -0.15) is 17.5 Å². The van der Waals surface area contributed by atoms with Crippen molar-refractivity contribution in [2.75, 3.05) is 26.7 Å². The van der Waals surface area contributed by atoms with Crippen LogP contribution in [-0.4, -0.2) is 66.4 Å². The fourth-order valence-electron chi connectivity index (χ4n) is 2.91. The van der Waals surface area contributed by atoms with Crippen molar-refractivity contribution in [2.45, 2.75) is 36.5 Å². The van der Waals surface area contributed by atoms with E-state index in [1.54, 1.807) is 11.9 Å². The predicted molar refractivity (Wildman–Crippen MR) is 85.9 cm³/mol. The van der Waals surface area contributed by atoms with Crippen LogP contribution in [0.3, 0.4) is 0 Å². The van der Waals surface area contributed by atoms with Gasteiger partial charge in [0.25, 0.3) is 10.0 Å². The molecule has 2 heterocycles. The van der Waals surface area contributed by atoms with Gasteiger partial charge in [0, 0.05) is 25.3 Å². The van der Waals surface area contributed by atoms with Gasteiger partial charge >= 0.3 is 12.1 Å². The van der Waals surface area contributed by atoms with Crippen molar-refractivity contribution < 1.29 is 31.5 Å².